The molecule has 0 fully saturated rings. The van der Waals surface area contributed by atoms with E-state index in [1.54, 1.807) is 7.11 Å². The van der Waals surface area contributed by atoms with Crippen LogP contribution in [0.4, 0.5) is 0 Å². The van der Waals surface area contributed by atoms with Crippen molar-refractivity contribution < 1.29 is 14.6 Å². The number of methoxy groups -OCH3 is 1. The highest BCUT2D eigenvalue weighted by atomic mass is 16.5. The third-order valence-electron chi connectivity index (χ3n) is 1.54. The SMILES string of the molecule is C=C(CCC(C)OC)C(=O)[O-]. The Morgan fingerprint density at radius 1 is 1.73 bits per heavy atom. The summed E-state index contributed by atoms with van der Waals surface area (Å²) in [5, 5.41) is 10.1. The maximum absolute atomic E-state index is 10.1. The summed E-state index contributed by atoms with van der Waals surface area (Å²) in [7, 11) is 1.59. The van der Waals surface area contributed by atoms with Gasteiger partial charge in [0.15, 0.2) is 0 Å². The first-order valence-corrected chi connectivity index (χ1v) is 3.49. The summed E-state index contributed by atoms with van der Waals surface area (Å²) in [6.07, 6.45) is 1.17. The van der Waals surface area contributed by atoms with Crippen LogP contribution in [0.3, 0.4) is 0 Å². The summed E-state index contributed by atoms with van der Waals surface area (Å²) in [5.41, 5.74) is 0.133. The van der Waals surface area contributed by atoms with Crippen molar-refractivity contribution in [1.82, 2.24) is 0 Å². The smallest absolute Gasteiger partial charge is 0.0668 e. The maximum Gasteiger partial charge on any atom is 0.0668 e. The summed E-state index contributed by atoms with van der Waals surface area (Å²) in [5.74, 6) is -1.17. The molecule has 0 amide bonds. The van der Waals surface area contributed by atoms with Crippen LogP contribution >= 0.6 is 0 Å². The van der Waals surface area contributed by atoms with Crippen LogP contribution in [-0.4, -0.2) is 19.2 Å². The molecule has 0 N–H and O–H groups in total. The van der Waals surface area contributed by atoms with E-state index in [0.29, 0.717) is 12.8 Å². The molecule has 3 nitrogen and oxygen atoms in total. The molecule has 0 aliphatic rings. The predicted octanol–water partition coefficient (Wildman–Crippen LogP) is 0.108. The molecule has 1 unspecified atom stereocenters. The number of rotatable bonds is 5. The molecule has 0 aromatic carbocycles. The predicted molar refractivity (Wildman–Crippen MR) is 39.9 cm³/mol. The second kappa shape index (κ2) is 4.91. The Labute approximate surface area is 66.7 Å². The number of ether oxygens (including phenoxy) is 1. The monoisotopic (exact) mass is 157 g/mol. The van der Waals surface area contributed by atoms with Gasteiger partial charge in [0.2, 0.25) is 0 Å². The number of carboxylic acids is 1. The van der Waals surface area contributed by atoms with Gasteiger partial charge in [-0.05, 0) is 25.3 Å². The molecule has 0 spiro atoms. The van der Waals surface area contributed by atoms with E-state index in [1.807, 2.05) is 6.92 Å². The zero-order chi connectivity index (χ0) is 8.85. The van der Waals surface area contributed by atoms with E-state index in [1.165, 1.54) is 0 Å². The maximum atomic E-state index is 10.1. The van der Waals surface area contributed by atoms with E-state index in [0.717, 1.165) is 0 Å². The van der Waals surface area contributed by atoms with Gasteiger partial charge in [-0.1, -0.05) is 6.58 Å². The summed E-state index contributed by atoms with van der Waals surface area (Å²) in [6.45, 7) is 5.22. The summed E-state index contributed by atoms with van der Waals surface area (Å²) in [4.78, 5) is 10.1. The van der Waals surface area contributed by atoms with Gasteiger partial charge in [0.1, 0.15) is 0 Å². The van der Waals surface area contributed by atoms with E-state index in [4.69, 9.17) is 4.74 Å². The fraction of sp³-hybridized carbons (Fsp3) is 0.625. The van der Waals surface area contributed by atoms with Gasteiger partial charge in [-0.3, -0.25) is 0 Å². The Hall–Kier alpha value is -0.830. The van der Waals surface area contributed by atoms with Crippen LogP contribution in [0.15, 0.2) is 12.2 Å². The third-order valence-corrected chi connectivity index (χ3v) is 1.54. The summed E-state index contributed by atoms with van der Waals surface area (Å²) in [6, 6.07) is 0. The van der Waals surface area contributed by atoms with E-state index in [9.17, 15) is 9.90 Å². The lowest BCUT2D eigenvalue weighted by Gasteiger charge is -2.10. The number of aliphatic carboxylic acids is 1. The number of carbonyl (C=O) groups is 1. The van der Waals surface area contributed by atoms with Crippen LogP contribution in [0.2, 0.25) is 0 Å². The molecule has 0 aromatic rings. The molecular weight excluding hydrogens is 144 g/mol. The lowest BCUT2D eigenvalue weighted by Crippen LogP contribution is -2.24. The average molecular weight is 157 g/mol. The van der Waals surface area contributed by atoms with Crippen molar-refractivity contribution in [2.24, 2.45) is 0 Å². The molecule has 1 atom stereocenters. The van der Waals surface area contributed by atoms with Gasteiger partial charge in [0.05, 0.1) is 12.1 Å². The van der Waals surface area contributed by atoms with Crippen LogP contribution in [-0.2, 0) is 9.53 Å². The number of hydrogen-bond acceptors (Lipinski definition) is 3. The molecule has 0 saturated heterocycles. The van der Waals surface area contributed by atoms with Crippen molar-refractivity contribution in [3.05, 3.63) is 12.2 Å². The van der Waals surface area contributed by atoms with Gasteiger partial charge in [0.25, 0.3) is 0 Å². The molecule has 64 valence electrons. The summed E-state index contributed by atoms with van der Waals surface area (Å²) >= 11 is 0. The van der Waals surface area contributed by atoms with Gasteiger partial charge in [-0.15, -0.1) is 0 Å². The first kappa shape index (κ1) is 10.2. The van der Waals surface area contributed by atoms with E-state index in [2.05, 4.69) is 6.58 Å². The summed E-state index contributed by atoms with van der Waals surface area (Å²) < 4.78 is 4.93. The first-order valence-electron chi connectivity index (χ1n) is 3.49. The first-order chi connectivity index (χ1) is 5.07. The molecule has 0 aliphatic heterocycles. The molecule has 11 heavy (non-hydrogen) atoms. The third kappa shape index (κ3) is 4.56. The highest BCUT2D eigenvalue weighted by Gasteiger charge is 2.00. The van der Waals surface area contributed by atoms with Crippen LogP contribution in [0, 0.1) is 0 Å². The quantitative estimate of drug-likeness (QED) is 0.532. The minimum atomic E-state index is -1.17. The minimum Gasteiger partial charge on any atom is -0.545 e. The molecule has 0 aliphatic carbocycles. The second-order valence-electron chi connectivity index (χ2n) is 2.48. The normalized spacial score (nSPS) is 12.5. The van der Waals surface area contributed by atoms with E-state index >= 15 is 0 Å². The van der Waals surface area contributed by atoms with Crippen molar-refractivity contribution in [2.45, 2.75) is 25.9 Å². The van der Waals surface area contributed by atoms with Gasteiger partial charge in [0, 0.05) is 7.11 Å². The van der Waals surface area contributed by atoms with Gasteiger partial charge in [-0.25, -0.2) is 0 Å². The topological polar surface area (TPSA) is 49.4 Å². The Morgan fingerprint density at radius 2 is 2.27 bits per heavy atom. The number of carboxylic acid groups (broad SMARTS) is 1. The largest absolute Gasteiger partial charge is 0.545 e. The molecule has 0 aromatic heterocycles. The van der Waals surface area contributed by atoms with E-state index < -0.39 is 5.97 Å². The zero-order valence-corrected chi connectivity index (χ0v) is 6.92. The molecule has 0 radical (unpaired) electrons. The van der Waals surface area contributed by atoms with Crippen molar-refractivity contribution in [3.8, 4) is 0 Å². The van der Waals surface area contributed by atoms with Crippen molar-refractivity contribution in [3.63, 3.8) is 0 Å². The zero-order valence-electron chi connectivity index (χ0n) is 6.92. The Morgan fingerprint density at radius 3 is 2.64 bits per heavy atom. The number of hydrogen-bond donors (Lipinski definition) is 0. The molecule has 3 heteroatoms. The highest BCUT2D eigenvalue weighted by molar-refractivity contribution is 5.83. The minimum absolute atomic E-state index is 0.0751. The van der Waals surface area contributed by atoms with Crippen molar-refractivity contribution in [2.75, 3.05) is 7.11 Å². The second-order valence-corrected chi connectivity index (χ2v) is 2.48. The van der Waals surface area contributed by atoms with Crippen LogP contribution in [0.1, 0.15) is 19.8 Å². The van der Waals surface area contributed by atoms with Gasteiger partial charge < -0.3 is 14.6 Å². The lowest BCUT2D eigenvalue weighted by atomic mass is 10.1. The van der Waals surface area contributed by atoms with Crippen LogP contribution < -0.4 is 5.11 Å². The van der Waals surface area contributed by atoms with Gasteiger partial charge >= 0.3 is 0 Å². The number of carbonyl (C=O) groups excluding carboxylic acids is 1. The fourth-order valence-corrected chi connectivity index (χ4v) is 0.597. The van der Waals surface area contributed by atoms with Crippen molar-refractivity contribution >= 4 is 5.97 Å². The standard InChI is InChI=1S/C8H14O3/c1-6(8(9)10)4-5-7(2)11-3/h7H,1,4-5H2,2-3H3,(H,9,10)/p-1. The Kier molecular flexibility index (Phi) is 4.54. The average Bonchev–Trinajstić information content (AvgIpc) is 1.99. The van der Waals surface area contributed by atoms with E-state index in [-0.39, 0.29) is 11.7 Å². The molecular formula is C8H13O3-. The van der Waals surface area contributed by atoms with Crippen LogP contribution in [0.25, 0.3) is 0 Å². The molecule has 0 heterocycles. The molecule has 0 bridgehead atoms. The molecule has 0 rings (SSSR count). The Bertz CT molecular complexity index is 151. The van der Waals surface area contributed by atoms with Crippen LogP contribution in [0.5, 0.6) is 0 Å². The van der Waals surface area contributed by atoms with Crippen molar-refractivity contribution in [1.29, 1.82) is 0 Å². The van der Waals surface area contributed by atoms with Gasteiger partial charge in [-0.2, -0.15) is 0 Å². The lowest BCUT2D eigenvalue weighted by molar-refractivity contribution is -0.299. The molecule has 0 saturated carbocycles. The highest BCUT2D eigenvalue weighted by Crippen LogP contribution is 2.06. The Balaban J connectivity index is 3.54. The fourth-order valence-electron chi connectivity index (χ4n) is 0.597.